The molecule has 3 aliphatic carbocycles. The van der Waals surface area contributed by atoms with Crippen LogP contribution < -0.4 is 4.74 Å². The molecule has 0 unspecified atom stereocenters. The highest BCUT2D eigenvalue weighted by atomic mass is 16.5. The summed E-state index contributed by atoms with van der Waals surface area (Å²) in [4.78, 5) is 13.5. The SMILES string of the molecule is CCCCOc1ccc2c(c1)CC[C@@H]1[C@@H]2CC[C@@]2(C)C(=O)/C(=C/c3cnn(C)c3)C[C@H]12. The van der Waals surface area contributed by atoms with Crippen LogP contribution in [0.1, 0.15) is 75.0 Å². The van der Waals surface area contributed by atoms with Crippen LogP contribution >= 0.6 is 0 Å². The molecule has 0 amide bonds. The molecule has 0 bridgehead atoms. The third-order valence-electron chi connectivity index (χ3n) is 8.17. The van der Waals surface area contributed by atoms with Crippen molar-refractivity contribution in [1.82, 2.24) is 9.78 Å². The number of unbranched alkanes of at least 4 members (excludes halogenated alkanes) is 1. The van der Waals surface area contributed by atoms with Crippen molar-refractivity contribution in [2.24, 2.45) is 24.3 Å². The van der Waals surface area contributed by atoms with Crippen LogP contribution in [0.3, 0.4) is 0 Å². The minimum absolute atomic E-state index is 0.198. The van der Waals surface area contributed by atoms with Gasteiger partial charge in [-0.1, -0.05) is 26.3 Å². The number of carbonyl (C=O) groups excluding carboxylic acids is 1. The minimum Gasteiger partial charge on any atom is -0.494 e. The molecular weight excluding hydrogens is 384 g/mol. The van der Waals surface area contributed by atoms with Crippen LogP contribution in [0, 0.1) is 17.3 Å². The molecule has 1 heterocycles. The van der Waals surface area contributed by atoms with E-state index in [2.05, 4.69) is 43.2 Å². The molecule has 0 aliphatic heterocycles. The molecular formula is C27H34N2O2. The number of benzene rings is 1. The summed E-state index contributed by atoms with van der Waals surface area (Å²) in [5.41, 5.74) is 4.82. The number of Topliss-reactive ketones (excluding diaryl/α,β-unsaturated/α-hetero) is 1. The zero-order valence-electron chi connectivity index (χ0n) is 19.1. The summed E-state index contributed by atoms with van der Waals surface area (Å²) in [6.07, 6.45) is 13.5. The monoisotopic (exact) mass is 418 g/mol. The molecule has 4 heteroatoms. The maximum atomic E-state index is 13.5. The molecule has 1 aromatic carbocycles. The molecule has 4 nitrogen and oxygen atoms in total. The predicted octanol–water partition coefficient (Wildman–Crippen LogP) is 5.72. The highest BCUT2D eigenvalue weighted by molar-refractivity contribution is 6.05. The molecule has 5 rings (SSSR count). The fraction of sp³-hybridized carbons (Fsp3) is 0.556. The van der Waals surface area contributed by atoms with Crippen LogP contribution in [0.4, 0.5) is 0 Å². The molecule has 0 spiro atoms. The van der Waals surface area contributed by atoms with E-state index in [0.717, 1.165) is 62.0 Å². The van der Waals surface area contributed by atoms with E-state index >= 15 is 0 Å². The third-order valence-corrected chi connectivity index (χ3v) is 8.17. The fourth-order valence-electron chi connectivity index (χ4n) is 6.50. The largest absolute Gasteiger partial charge is 0.494 e. The van der Waals surface area contributed by atoms with Gasteiger partial charge in [0.25, 0.3) is 0 Å². The molecule has 1 aromatic heterocycles. The Morgan fingerprint density at radius 1 is 1.32 bits per heavy atom. The van der Waals surface area contributed by atoms with Gasteiger partial charge in [-0.2, -0.15) is 5.10 Å². The molecule has 3 aliphatic rings. The molecule has 0 N–H and O–H groups in total. The van der Waals surface area contributed by atoms with Crippen LogP contribution in [0.2, 0.25) is 0 Å². The van der Waals surface area contributed by atoms with Crippen molar-refractivity contribution in [2.45, 2.75) is 64.7 Å². The summed E-state index contributed by atoms with van der Waals surface area (Å²) >= 11 is 0. The number of hydrogen-bond donors (Lipinski definition) is 0. The topological polar surface area (TPSA) is 44.1 Å². The van der Waals surface area contributed by atoms with E-state index < -0.39 is 0 Å². The maximum Gasteiger partial charge on any atom is 0.165 e. The van der Waals surface area contributed by atoms with Gasteiger partial charge in [-0.25, -0.2) is 0 Å². The van der Waals surface area contributed by atoms with Crippen molar-refractivity contribution in [3.8, 4) is 5.75 Å². The highest BCUT2D eigenvalue weighted by Crippen LogP contribution is 2.60. The number of rotatable bonds is 5. The average Bonchev–Trinajstić information content (AvgIpc) is 3.29. The number of aryl methyl sites for hydroxylation is 2. The summed E-state index contributed by atoms with van der Waals surface area (Å²) < 4.78 is 7.76. The molecule has 2 saturated carbocycles. The average molecular weight is 419 g/mol. The van der Waals surface area contributed by atoms with Gasteiger partial charge in [0.1, 0.15) is 5.75 Å². The van der Waals surface area contributed by atoms with Crippen molar-refractivity contribution in [1.29, 1.82) is 0 Å². The summed E-state index contributed by atoms with van der Waals surface area (Å²) in [6, 6.07) is 6.76. The quantitative estimate of drug-likeness (QED) is 0.461. The Labute approximate surface area is 185 Å². The van der Waals surface area contributed by atoms with E-state index in [4.69, 9.17) is 4.74 Å². The Kier molecular flexibility index (Phi) is 5.27. The Hall–Kier alpha value is -2.36. The first-order valence-corrected chi connectivity index (χ1v) is 12.0. The van der Waals surface area contributed by atoms with Gasteiger partial charge in [-0.15, -0.1) is 0 Å². The third kappa shape index (κ3) is 3.54. The van der Waals surface area contributed by atoms with Crippen molar-refractivity contribution in [3.05, 3.63) is 52.9 Å². The van der Waals surface area contributed by atoms with E-state index in [-0.39, 0.29) is 5.41 Å². The van der Waals surface area contributed by atoms with E-state index in [1.807, 2.05) is 19.4 Å². The standard InChI is InChI=1S/C27H34N2O2/c1-4-5-12-31-21-7-9-22-19(14-21)6-8-24-23(22)10-11-27(2)25(24)15-20(26(27)30)13-18-16-28-29(3)17-18/h7,9,13-14,16-17,23-25H,4-6,8,10-12,15H2,1-3H3/b20-13+/t23-,24-,25-,27-/m1/s1. The Bertz CT molecular complexity index is 1020. The van der Waals surface area contributed by atoms with Gasteiger partial charge >= 0.3 is 0 Å². The van der Waals surface area contributed by atoms with E-state index in [1.165, 1.54) is 17.5 Å². The number of carbonyl (C=O) groups is 1. The van der Waals surface area contributed by atoms with Crippen molar-refractivity contribution < 1.29 is 9.53 Å². The maximum absolute atomic E-state index is 13.5. The number of aromatic nitrogens is 2. The van der Waals surface area contributed by atoms with Crippen LogP contribution in [-0.4, -0.2) is 22.2 Å². The summed E-state index contributed by atoms with van der Waals surface area (Å²) in [5, 5.41) is 4.26. The van der Waals surface area contributed by atoms with Crippen LogP contribution in [0.25, 0.3) is 6.08 Å². The Balaban J connectivity index is 1.39. The lowest BCUT2D eigenvalue weighted by molar-refractivity contribution is -0.127. The Morgan fingerprint density at radius 3 is 2.97 bits per heavy atom. The molecule has 2 fully saturated rings. The lowest BCUT2D eigenvalue weighted by Gasteiger charge is -2.48. The van der Waals surface area contributed by atoms with Gasteiger partial charge in [0, 0.05) is 24.2 Å². The van der Waals surface area contributed by atoms with E-state index in [9.17, 15) is 4.79 Å². The van der Waals surface area contributed by atoms with Gasteiger partial charge in [0.15, 0.2) is 5.78 Å². The molecule has 164 valence electrons. The number of allylic oxidation sites excluding steroid dienone is 1. The fourth-order valence-corrected chi connectivity index (χ4v) is 6.50. The van der Waals surface area contributed by atoms with E-state index in [0.29, 0.717) is 23.5 Å². The second-order valence-corrected chi connectivity index (χ2v) is 10.1. The second-order valence-electron chi connectivity index (χ2n) is 10.1. The van der Waals surface area contributed by atoms with Crippen molar-refractivity contribution in [2.75, 3.05) is 6.61 Å². The summed E-state index contributed by atoms with van der Waals surface area (Å²) in [5.74, 6) is 3.03. The minimum atomic E-state index is -0.198. The van der Waals surface area contributed by atoms with Gasteiger partial charge in [-0.05, 0) is 91.2 Å². The number of hydrogen-bond acceptors (Lipinski definition) is 3. The Morgan fingerprint density at radius 2 is 2.19 bits per heavy atom. The summed E-state index contributed by atoms with van der Waals surface area (Å²) in [7, 11) is 1.92. The second kappa shape index (κ2) is 7.96. The zero-order valence-corrected chi connectivity index (χ0v) is 19.1. The van der Waals surface area contributed by atoms with Crippen molar-refractivity contribution in [3.63, 3.8) is 0 Å². The highest BCUT2D eigenvalue weighted by Gasteiger charge is 2.56. The zero-order chi connectivity index (χ0) is 21.6. The van der Waals surface area contributed by atoms with Gasteiger partial charge in [0.05, 0.1) is 12.8 Å². The van der Waals surface area contributed by atoms with Crippen LogP contribution in [-0.2, 0) is 18.3 Å². The van der Waals surface area contributed by atoms with Crippen LogP contribution in [0.15, 0.2) is 36.2 Å². The van der Waals surface area contributed by atoms with E-state index in [1.54, 1.807) is 4.68 Å². The normalized spacial score (nSPS) is 30.7. The van der Waals surface area contributed by atoms with Crippen LogP contribution in [0.5, 0.6) is 5.75 Å². The first kappa shape index (κ1) is 20.5. The lowest BCUT2D eigenvalue weighted by Crippen LogP contribution is -2.42. The number of nitrogens with zero attached hydrogens (tertiary/aromatic N) is 2. The number of fused-ring (bicyclic) bond motifs is 5. The van der Waals surface area contributed by atoms with Gasteiger partial charge < -0.3 is 4.74 Å². The molecule has 0 saturated heterocycles. The predicted molar refractivity (Wildman–Crippen MR) is 123 cm³/mol. The van der Waals surface area contributed by atoms with Gasteiger partial charge in [0.2, 0.25) is 0 Å². The molecule has 2 aromatic rings. The number of ether oxygens (including phenoxy) is 1. The van der Waals surface area contributed by atoms with Crippen molar-refractivity contribution >= 4 is 11.9 Å². The first-order chi connectivity index (χ1) is 15.0. The smallest absolute Gasteiger partial charge is 0.165 e. The first-order valence-electron chi connectivity index (χ1n) is 12.0. The molecule has 31 heavy (non-hydrogen) atoms. The lowest BCUT2D eigenvalue weighted by atomic mass is 9.55. The van der Waals surface area contributed by atoms with Gasteiger partial charge in [-0.3, -0.25) is 9.48 Å². The molecule has 4 atom stereocenters. The number of ketones is 1. The molecule has 0 radical (unpaired) electrons. The summed E-state index contributed by atoms with van der Waals surface area (Å²) in [6.45, 7) is 5.23.